The Bertz CT molecular complexity index is 1290. The summed E-state index contributed by atoms with van der Waals surface area (Å²) < 4.78 is 45.1. The van der Waals surface area contributed by atoms with Crippen LogP contribution in [0, 0.1) is 5.82 Å². The van der Waals surface area contributed by atoms with Crippen LogP contribution in [0.1, 0.15) is 26.3 Å². The summed E-state index contributed by atoms with van der Waals surface area (Å²) in [5.41, 5.74) is 0.595. The number of carbonyl (C=O) groups is 2. The van der Waals surface area contributed by atoms with E-state index in [1.54, 1.807) is 12.1 Å². The van der Waals surface area contributed by atoms with Crippen LogP contribution in [-0.4, -0.2) is 27.4 Å². The van der Waals surface area contributed by atoms with Gasteiger partial charge in [-0.2, -0.15) is 0 Å². The first-order chi connectivity index (χ1) is 14.3. The Kier molecular flexibility index (Phi) is 4.87. The summed E-state index contributed by atoms with van der Waals surface area (Å²) in [5.74, 6) is -1.72. The molecule has 0 radical (unpaired) electrons. The molecular weight excluding hydrogens is 409 g/mol. The maximum absolute atomic E-state index is 13.7. The maximum Gasteiger partial charge on any atom is 0.337 e. The topological polar surface area (TPSA) is 80.8 Å². The summed E-state index contributed by atoms with van der Waals surface area (Å²) in [4.78, 5) is 26.4. The number of hydrogen-bond acceptors (Lipinski definition) is 5. The monoisotopic (exact) mass is 425 g/mol. The lowest BCUT2D eigenvalue weighted by Crippen LogP contribution is -2.30. The molecule has 8 heteroatoms. The molecule has 1 aliphatic rings. The van der Waals surface area contributed by atoms with Crippen molar-refractivity contribution < 1.29 is 27.1 Å². The van der Waals surface area contributed by atoms with Gasteiger partial charge in [0.2, 0.25) is 9.84 Å². The van der Waals surface area contributed by atoms with E-state index in [1.807, 2.05) is 0 Å². The van der Waals surface area contributed by atoms with Crippen molar-refractivity contribution >= 4 is 27.4 Å². The Labute approximate surface area is 172 Å². The fourth-order valence-electron chi connectivity index (χ4n) is 3.43. The second kappa shape index (κ2) is 7.38. The summed E-state index contributed by atoms with van der Waals surface area (Å²) in [5, 5.41) is 0. The first-order valence-electron chi connectivity index (χ1n) is 8.95. The normalized spacial score (nSPS) is 14.5. The van der Waals surface area contributed by atoms with Crippen molar-refractivity contribution in [3.05, 3.63) is 89.2 Å². The third-order valence-corrected chi connectivity index (χ3v) is 6.70. The van der Waals surface area contributed by atoms with Crippen molar-refractivity contribution in [1.29, 1.82) is 0 Å². The SMILES string of the molecule is COC(=O)c1ccc2c(c1)N(Cc1cccc(F)c1)C(=O)c1ccccc1S2(=O)=O. The van der Waals surface area contributed by atoms with Gasteiger partial charge in [0.25, 0.3) is 5.91 Å². The molecule has 0 saturated carbocycles. The van der Waals surface area contributed by atoms with Gasteiger partial charge < -0.3 is 9.64 Å². The summed E-state index contributed by atoms with van der Waals surface area (Å²) in [6, 6.07) is 15.5. The number of hydrogen-bond donors (Lipinski definition) is 0. The number of rotatable bonds is 3. The van der Waals surface area contributed by atoms with Gasteiger partial charge in [-0.15, -0.1) is 0 Å². The molecule has 0 saturated heterocycles. The Hall–Kier alpha value is -3.52. The molecule has 0 atom stereocenters. The average Bonchev–Trinajstić information content (AvgIpc) is 2.81. The number of fused-ring (bicyclic) bond motifs is 2. The fraction of sp³-hybridized carbons (Fsp3) is 0.0909. The van der Waals surface area contributed by atoms with Gasteiger partial charge in [-0.1, -0.05) is 24.3 Å². The Morgan fingerprint density at radius 3 is 2.50 bits per heavy atom. The van der Waals surface area contributed by atoms with Crippen LogP contribution < -0.4 is 4.90 Å². The minimum absolute atomic E-state index is 0.00437. The predicted molar refractivity (Wildman–Crippen MR) is 107 cm³/mol. The molecule has 0 spiro atoms. The van der Waals surface area contributed by atoms with Gasteiger partial charge in [-0.3, -0.25) is 4.79 Å². The van der Waals surface area contributed by atoms with E-state index in [0.29, 0.717) is 5.56 Å². The average molecular weight is 425 g/mol. The molecule has 4 rings (SSSR count). The zero-order valence-corrected chi connectivity index (χ0v) is 16.6. The second-order valence-electron chi connectivity index (χ2n) is 6.69. The molecular formula is C22H16FNO5S. The number of methoxy groups -OCH3 is 1. The largest absolute Gasteiger partial charge is 0.465 e. The molecule has 1 heterocycles. The van der Waals surface area contributed by atoms with Crippen LogP contribution in [0.4, 0.5) is 10.1 Å². The zero-order valence-electron chi connectivity index (χ0n) is 15.8. The van der Waals surface area contributed by atoms with E-state index < -0.39 is 27.5 Å². The standard InChI is InChI=1S/C22H16FNO5S/c1-29-22(26)15-9-10-20-18(12-15)24(13-14-5-4-6-16(23)11-14)21(25)17-7-2-3-8-19(17)30(20,27)28/h2-12H,13H2,1H3. The van der Waals surface area contributed by atoms with Crippen LogP contribution in [0.2, 0.25) is 0 Å². The van der Waals surface area contributed by atoms with Gasteiger partial charge in [0, 0.05) is 0 Å². The third-order valence-electron chi connectivity index (χ3n) is 4.84. The molecule has 0 bridgehead atoms. The van der Waals surface area contributed by atoms with Crippen molar-refractivity contribution in [3.8, 4) is 0 Å². The lowest BCUT2D eigenvalue weighted by Gasteiger charge is -2.23. The Morgan fingerprint density at radius 2 is 1.77 bits per heavy atom. The highest BCUT2D eigenvalue weighted by Gasteiger charge is 2.36. The highest BCUT2D eigenvalue weighted by atomic mass is 32.2. The number of carbonyl (C=O) groups excluding carboxylic acids is 2. The third kappa shape index (κ3) is 3.25. The summed E-state index contributed by atoms with van der Waals surface area (Å²) in [7, 11) is -2.84. The Balaban J connectivity index is 1.98. The molecule has 152 valence electrons. The molecule has 3 aromatic carbocycles. The minimum Gasteiger partial charge on any atom is -0.465 e. The number of ether oxygens (including phenoxy) is 1. The molecule has 0 unspecified atom stereocenters. The quantitative estimate of drug-likeness (QED) is 0.599. The zero-order chi connectivity index (χ0) is 21.5. The number of anilines is 1. The van der Waals surface area contributed by atoms with Gasteiger partial charge in [-0.25, -0.2) is 17.6 Å². The van der Waals surface area contributed by atoms with Crippen molar-refractivity contribution in [2.24, 2.45) is 0 Å². The number of nitrogens with zero attached hydrogens (tertiary/aromatic N) is 1. The molecule has 0 fully saturated rings. The van der Waals surface area contributed by atoms with Crippen molar-refractivity contribution in [3.63, 3.8) is 0 Å². The molecule has 30 heavy (non-hydrogen) atoms. The van der Waals surface area contributed by atoms with Crippen LogP contribution in [-0.2, 0) is 21.1 Å². The van der Waals surface area contributed by atoms with Crippen molar-refractivity contribution in [2.75, 3.05) is 12.0 Å². The lowest BCUT2D eigenvalue weighted by atomic mass is 10.1. The maximum atomic E-state index is 13.7. The van der Waals surface area contributed by atoms with E-state index in [2.05, 4.69) is 0 Å². The highest BCUT2D eigenvalue weighted by Crippen LogP contribution is 2.38. The molecule has 0 N–H and O–H groups in total. The van der Waals surface area contributed by atoms with Crippen LogP contribution in [0.3, 0.4) is 0 Å². The molecule has 6 nitrogen and oxygen atoms in total. The smallest absolute Gasteiger partial charge is 0.337 e. The van der Waals surface area contributed by atoms with Crippen LogP contribution in [0.15, 0.2) is 76.5 Å². The predicted octanol–water partition coefficient (Wildman–Crippen LogP) is 3.61. The fourth-order valence-corrected chi connectivity index (χ4v) is 5.06. The van der Waals surface area contributed by atoms with Gasteiger partial charge >= 0.3 is 5.97 Å². The first kappa shape index (κ1) is 19.8. The van der Waals surface area contributed by atoms with E-state index in [1.165, 1.54) is 66.6 Å². The van der Waals surface area contributed by atoms with Gasteiger partial charge in [0.1, 0.15) is 5.82 Å². The summed E-state index contributed by atoms with van der Waals surface area (Å²) in [6.45, 7) is -0.0852. The number of amides is 1. The number of sulfone groups is 1. The molecule has 1 amide bonds. The first-order valence-corrected chi connectivity index (χ1v) is 10.4. The van der Waals surface area contributed by atoms with E-state index in [0.717, 1.165) is 0 Å². The molecule has 1 aliphatic heterocycles. The van der Waals surface area contributed by atoms with Crippen molar-refractivity contribution in [2.45, 2.75) is 16.3 Å². The van der Waals surface area contributed by atoms with Gasteiger partial charge in [0.15, 0.2) is 0 Å². The highest BCUT2D eigenvalue weighted by molar-refractivity contribution is 7.91. The van der Waals surface area contributed by atoms with Gasteiger partial charge in [0.05, 0.1) is 40.3 Å². The number of halogens is 1. The minimum atomic E-state index is -4.04. The molecule has 0 aromatic heterocycles. The molecule has 3 aromatic rings. The van der Waals surface area contributed by atoms with E-state index in [-0.39, 0.29) is 33.2 Å². The summed E-state index contributed by atoms with van der Waals surface area (Å²) >= 11 is 0. The van der Waals surface area contributed by atoms with Crippen molar-refractivity contribution in [1.82, 2.24) is 0 Å². The van der Waals surface area contributed by atoms with E-state index >= 15 is 0 Å². The second-order valence-corrected chi connectivity index (χ2v) is 8.58. The Morgan fingerprint density at radius 1 is 1.00 bits per heavy atom. The number of esters is 1. The number of benzene rings is 3. The van der Waals surface area contributed by atoms with E-state index in [4.69, 9.17) is 4.74 Å². The molecule has 0 aliphatic carbocycles. The summed E-state index contributed by atoms with van der Waals surface area (Å²) in [6.07, 6.45) is 0. The lowest BCUT2D eigenvalue weighted by molar-refractivity contribution is 0.0600. The van der Waals surface area contributed by atoms with Gasteiger partial charge in [-0.05, 0) is 48.0 Å². The van der Waals surface area contributed by atoms with E-state index in [9.17, 15) is 22.4 Å². The van der Waals surface area contributed by atoms with Crippen LogP contribution >= 0.6 is 0 Å². The van der Waals surface area contributed by atoms with Crippen LogP contribution in [0.25, 0.3) is 0 Å². The van der Waals surface area contributed by atoms with Crippen LogP contribution in [0.5, 0.6) is 0 Å².